The first kappa shape index (κ1) is 23.8. The Bertz CT molecular complexity index is 861. The number of amides is 2. The number of hydrogen-bond acceptors (Lipinski definition) is 5. The molecule has 0 saturated carbocycles. The van der Waals surface area contributed by atoms with Crippen LogP contribution in [0.2, 0.25) is 0 Å². The smallest absolute Gasteiger partial charge is 0.410 e. The van der Waals surface area contributed by atoms with Crippen molar-refractivity contribution < 1.29 is 23.9 Å². The molecule has 3 rings (SSSR count). The molecule has 4 atom stereocenters. The van der Waals surface area contributed by atoms with E-state index in [0.717, 1.165) is 5.56 Å². The molecule has 0 aromatic heterocycles. The Kier molecular flexibility index (Phi) is 7.26. The third-order valence-corrected chi connectivity index (χ3v) is 6.02. The molecule has 2 aliphatic heterocycles. The summed E-state index contributed by atoms with van der Waals surface area (Å²) in [7, 11) is 1.34. The fourth-order valence-corrected chi connectivity index (χ4v) is 4.53. The number of carbonyl (C=O) groups excluding carboxylic acids is 3. The van der Waals surface area contributed by atoms with Crippen molar-refractivity contribution in [2.75, 3.05) is 13.7 Å². The lowest BCUT2D eigenvalue weighted by atomic mass is 9.98. The third kappa shape index (κ3) is 5.14. The Hall–Kier alpha value is -2.83. The first-order valence-electron chi connectivity index (χ1n) is 11.3. The van der Waals surface area contributed by atoms with Gasteiger partial charge in [-0.3, -0.25) is 9.69 Å². The van der Waals surface area contributed by atoms with Gasteiger partial charge in [0.1, 0.15) is 17.7 Å². The van der Waals surface area contributed by atoms with E-state index in [9.17, 15) is 14.4 Å². The van der Waals surface area contributed by atoms with Gasteiger partial charge in [0.05, 0.1) is 13.2 Å². The highest BCUT2D eigenvalue weighted by Crippen LogP contribution is 2.34. The Balaban J connectivity index is 1.97. The minimum atomic E-state index is -0.788. The highest BCUT2D eigenvalue weighted by Gasteiger charge is 2.48. The summed E-state index contributed by atoms with van der Waals surface area (Å²) in [5.74, 6) is -0.806. The van der Waals surface area contributed by atoms with Gasteiger partial charge in [-0.1, -0.05) is 49.4 Å². The van der Waals surface area contributed by atoms with Crippen LogP contribution < -0.4 is 0 Å². The van der Waals surface area contributed by atoms with E-state index >= 15 is 0 Å². The summed E-state index contributed by atoms with van der Waals surface area (Å²) in [5, 5.41) is 0. The summed E-state index contributed by atoms with van der Waals surface area (Å²) in [4.78, 5) is 42.9. The molecule has 0 N–H and O–H groups in total. The van der Waals surface area contributed by atoms with Crippen molar-refractivity contribution in [2.45, 2.75) is 70.7 Å². The predicted molar refractivity (Wildman–Crippen MR) is 121 cm³/mol. The highest BCUT2D eigenvalue weighted by atomic mass is 16.6. The normalized spacial score (nSPS) is 24.0. The average molecular weight is 443 g/mol. The average Bonchev–Trinajstić information content (AvgIpc) is 3.12. The van der Waals surface area contributed by atoms with Crippen LogP contribution in [0.3, 0.4) is 0 Å². The number of esters is 1. The molecule has 1 saturated heterocycles. The van der Waals surface area contributed by atoms with Gasteiger partial charge >= 0.3 is 12.1 Å². The maximum Gasteiger partial charge on any atom is 0.410 e. The minimum Gasteiger partial charge on any atom is -0.467 e. The summed E-state index contributed by atoms with van der Waals surface area (Å²) in [6.07, 6.45) is 5.20. The largest absolute Gasteiger partial charge is 0.467 e. The first-order chi connectivity index (χ1) is 15.2. The fourth-order valence-electron chi connectivity index (χ4n) is 4.53. The quantitative estimate of drug-likeness (QED) is 0.515. The molecule has 0 aliphatic carbocycles. The van der Waals surface area contributed by atoms with Crippen LogP contribution in [-0.4, -0.2) is 65.2 Å². The first-order valence-corrected chi connectivity index (χ1v) is 11.3. The SMILES string of the molecule is CCC1C=C[C@@H]2CCN(C(=O)OC(C)(C)C)[C@H]2C(=O)N1[C@H](Cc1ccccc1)C(=O)OC. The number of fused-ring (bicyclic) bond motifs is 1. The molecule has 1 aromatic rings. The number of carbonyl (C=O) groups is 3. The zero-order valence-electron chi connectivity index (χ0n) is 19.6. The van der Waals surface area contributed by atoms with Gasteiger partial charge in [0.2, 0.25) is 5.91 Å². The zero-order chi connectivity index (χ0) is 23.5. The van der Waals surface area contributed by atoms with Crippen molar-refractivity contribution in [3.05, 3.63) is 48.0 Å². The molecule has 174 valence electrons. The van der Waals surface area contributed by atoms with Crippen molar-refractivity contribution in [1.29, 1.82) is 0 Å². The molecule has 2 aliphatic rings. The van der Waals surface area contributed by atoms with Crippen LogP contribution in [0.15, 0.2) is 42.5 Å². The van der Waals surface area contributed by atoms with Crippen LogP contribution in [0.25, 0.3) is 0 Å². The van der Waals surface area contributed by atoms with Gasteiger partial charge in [-0.2, -0.15) is 0 Å². The summed E-state index contributed by atoms with van der Waals surface area (Å²) in [6.45, 7) is 7.84. The number of rotatable bonds is 5. The van der Waals surface area contributed by atoms with Crippen LogP contribution >= 0.6 is 0 Å². The number of nitrogens with zero attached hydrogens (tertiary/aromatic N) is 2. The molecule has 7 heteroatoms. The van der Waals surface area contributed by atoms with Gasteiger partial charge < -0.3 is 14.4 Å². The van der Waals surface area contributed by atoms with Gasteiger partial charge in [0.25, 0.3) is 0 Å². The van der Waals surface area contributed by atoms with E-state index in [2.05, 4.69) is 0 Å². The van der Waals surface area contributed by atoms with E-state index in [1.165, 1.54) is 12.0 Å². The van der Waals surface area contributed by atoms with Crippen LogP contribution in [-0.2, 0) is 25.5 Å². The number of methoxy groups -OCH3 is 1. The van der Waals surface area contributed by atoms with Gasteiger partial charge in [0, 0.05) is 18.9 Å². The summed E-state index contributed by atoms with van der Waals surface area (Å²) in [5.41, 5.74) is 0.275. The Morgan fingerprint density at radius 3 is 2.44 bits per heavy atom. The lowest BCUT2D eigenvalue weighted by Gasteiger charge is -2.38. The summed E-state index contributed by atoms with van der Waals surface area (Å²) >= 11 is 0. The second-order valence-corrected chi connectivity index (χ2v) is 9.41. The second kappa shape index (κ2) is 9.76. The van der Waals surface area contributed by atoms with E-state index in [1.54, 1.807) is 25.7 Å². The molecular formula is C25H34N2O5. The Morgan fingerprint density at radius 2 is 1.84 bits per heavy atom. The molecule has 1 unspecified atom stereocenters. The maximum atomic E-state index is 14.0. The van der Waals surface area contributed by atoms with Crippen LogP contribution in [0.5, 0.6) is 0 Å². The number of likely N-dealkylation sites (tertiary alicyclic amines) is 1. The van der Waals surface area contributed by atoms with Crippen LogP contribution in [0, 0.1) is 5.92 Å². The van der Waals surface area contributed by atoms with Crippen molar-refractivity contribution >= 4 is 18.0 Å². The fraction of sp³-hybridized carbons (Fsp3) is 0.560. The molecule has 2 heterocycles. The molecule has 0 spiro atoms. The second-order valence-electron chi connectivity index (χ2n) is 9.41. The summed E-state index contributed by atoms with van der Waals surface area (Å²) < 4.78 is 10.7. The van der Waals surface area contributed by atoms with Gasteiger partial charge in [-0.05, 0) is 39.2 Å². The molecule has 1 aromatic carbocycles. The molecule has 0 bridgehead atoms. The van der Waals surface area contributed by atoms with Gasteiger partial charge in [-0.25, -0.2) is 9.59 Å². The summed E-state index contributed by atoms with van der Waals surface area (Å²) in [6, 6.07) is 7.84. The lowest BCUT2D eigenvalue weighted by Crippen LogP contribution is -2.57. The van der Waals surface area contributed by atoms with Gasteiger partial charge in [-0.15, -0.1) is 0 Å². The standard InChI is InChI=1S/C25H34N2O5/c1-6-19-13-12-18-14-15-26(24(30)32-25(2,3)4)21(18)22(28)27(19)20(23(29)31-5)16-17-10-8-7-9-11-17/h7-13,18-21H,6,14-16H2,1-5H3/t18-,19?,20-,21-/m1/s1. The number of ether oxygens (including phenoxy) is 2. The van der Waals surface area contributed by atoms with Crippen LogP contribution in [0.1, 0.15) is 46.1 Å². The molecule has 2 amide bonds. The minimum absolute atomic E-state index is 0.107. The molecule has 7 nitrogen and oxygen atoms in total. The monoisotopic (exact) mass is 442 g/mol. The van der Waals surface area contributed by atoms with Crippen molar-refractivity contribution in [3.8, 4) is 0 Å². The Labute approximate surface area is 190 Å². The number of benzene rings is 1. The topological polar surface area (TPSA) is 76.2 Å². The van der Waals surface area contributed by atoms with E-state index in [-0.39, 0.29) is 17.9 Å². The van der Waals surface area contributed by atoms with Gasteiger partial charge in [0.15, 0.2) is 0 Å². The molecule has 0 radical (unpaired) electrons. The molecular weight excluding hydrogens is 408 g/mol. The predicted octanol–water partition coefficient (Wildman–Crippen LogP) is 3.57. The molecule has 1 fully saturated rings. The van der Waals surface area contributed by atoms with E-state index < -0.39 is 29.7 Å². The maximum absolute atomic E-state index is 14.0. The molecule has 32 heavy (non-hydrogen) atoms. The Morgan fingerprint density at radius 1 is 1.16 bits per heavy atom. The van der Waals surface area contributed by atoms with Crippen molar-refractivity contribution in [1.82, 2.24) is 9.80 Å². The van der Waals surface area contributed by atoms with E-state index in [1.807, 2.05) is 49.4 Å². The zero-order valence-corrected chi connectivity index (χ0v) is 19.6. The third-order valence-electron chi connectivity index (χ3n) is 6.02. The van der Waals surface area contributed by atoms with Crippen molar-refractivity contribution in [2.24, 2.45) is 5.92 Å². The highest BCUT2D eigenvalue weighted by molar-refractivity contribution is 5.91. The van der Waals surface area contributed by atoms with Crippen molar-refractivity contribution in [3.63, 3.8) is 0 Å². The van der Waals surface area contributed by atoms with E-state index in [4.69, 9.17) is 9.47 Å². The van der Waals surface area contributed by atoms with Crippen LogP contribution in [0.4, 0.5) is 4.79 Å². The lowest BCUT2D eigenvalue weighted by molar-refractivity contribution is -0.156. The number of hydrogen-bond donors (Lipinski definition) is 0. The van der Waals surface area contributed by atoms with E-state index in [0.29, 0.717) is 25.8 Å².